The number of hydrogen-bond donors (Lipinski definition) is 3. The van der Waals surface area contributed by atoms with Gasteiger partial charge in [-0.2, -0.15) is 9.97 Å². The van der Waals surface area contributed by atoms with E-state index in [0.717, 1.165) is 27.1 Å². The number of aryl methyl sites for hydroxylation is 1. The van der Waals surface area contributed by atoms with Crippen molar-refractivity contribution in [1.29, 1.82) is 0 Å². The number of anilines is 1. The van der Waals surface area contributed by atoms with Gasteiger partial charge in [-0.15, -0.1) is 11.3 Å². The Morgan fingerprint density at radius 3 is 2.24 bits per heavy atom. The van der Waals surface area contributed by atoms with Gasteiger partial charge in [0.2, 0.25) is 23.6 Å². The fourth-order valence-electron chi connectivity index (χ4n) is 10.5. The average molecular weight is 1190 g/mol. The van der Waals surface area contributed by atoms with Crippen molar-refractivity contribution in [2.24, 2.45) is 5.41 Å². The molecule has 2 aliphatic rings. The number of rotatable bonds is 27. The van der Waals surface area contributed by atoms with Crippen LogP contribution in [0.3, 0.4) is 0 Å². The van der Waals surface area contributed by atoms with E-state index >= 15 is 4.39 Å². The summed E-state index contributed by atoms with van der Waals surface area (Å²) in [6, 6.07) is 18.3. The molecule has 0 radical (unpaired) electrons. The van der Waals surface area contributed by atoms with Crippen molar-refractivity contribution in [1.82, 2.24) is 40.3 Å². The number of carbonyl (C=O) groups excluding carboxylic acids is 4. The number of aromatic hydroxyl groups is 1. The monoisotopic (exact) mass is 1190 g/mol. The van der Waals surface area contributed by atoms with Crippen LogP contribution >= 0.6 is 22.9 Å². The minimum Gasteiger partial charge on any atom is -0.508 e. The molecule has 2 aliphatic heterocycles. The summed E-state index contributed by atoms with van der Waals surface area (Å²) < 4.78 is 46.1. The Kier molecular flexibility index (Phi) is 22.0. The van der Waals surface area contributed by atoms with E-state index in [1.54, 1.807) is 33.3 Å². The molecule has 0 spiro atoms. The highest BCUT2D eigenvalue weighted by Crippen LogP contribution is 2.43. The van der Waals surface area contributed by atoms with E-state index in [1.807, 2.05) is 112 Å². The van der Waals surface area contributed by atoms with Crippen molar-refractivity contribution in [3.8, 4) is 33.3 Å². The van der Waals surface area contributed by atoms with E-state index in [0.29, 0.717) is 114 Å². The fourth-order valence-corrected chi connectivity index (χ4v) is 11.6. The number of ether oxygens (including phenoxy) is 5. The van der Waals surface area contributed by atoms with Crippen molar-refractivity contribution < 1.29 is 52.4 Å². The number of nitrogens with zero attached hydrogens (tertiary/aromatic N) is 7. The van der Waals surface area contributed by atoms with Crippen LogP contribution in [-0.2, 0) is 38.1 Å². The van der Waals surface area contributed by atoms with Gasteiger partial charge in [-0.25, -0.2) is 9.37 Å². The van der Waals surface area contributed by atoms with Gasteiger partial charge >= 0.3 is 6.01 Å². The molecule has 0 unspecified atom stereocenters. The number of phenols is 1. The number of aromatic nitrogens is 3. The number of likely N-dealkylation sites (N-methyl/N-ethyl adjacent to an activating group) is 1. The summed E-state index contributed by atoms with van der Waals surface area (Å²) in [7, 11) is 1.93. The van der Waals surface area contributed by atoms with E-state index < -0.39 is 35.3 Å². The lowest BCUT2D eigenvalue weighted by atomic mass is 9.85. The minimum atomic E-state index is -0.875. The number of halogens is 2. The van der Waals surface area contributed by atoms with E-state index in [2.05, 4.69) is 27.2 Å². The predicted octanol–water partition coefficient (Wildman–Crippen LogP) is 8.38. The summed E-state index contributed by atoms with van der Waals surface area (Å²) in [5.74, 6) is -1.43. The molecule has 4 atom stereocenters. The summed E-state index contributed by atoms with van der Waals surface area (Å²) in [6.45, 7) is 20.1. The highest BCUT2D eigenvalue weighted by molar-refractivity contribution is 7.13. The molecule has 450 valence electrons. The van der Waals surface area contributed by atoms with Crippen LogP contribution in [0.2, 0.25) is 5.02 Å². The minimum absolute atomic E-state index is 0.00576. The van der Waals surface area contributed by atoms with Gasteiger partial charge in [-0.1, -0.05) is 87.5 Å². The maximum absolute atomic E-state index is 17.1. The van der Waals surface area contributed by atoms with Crippen LogP contribution in [0, 0.1) is 18.2 Å². The molecule has 2 aromatic heterocycles. The smallest absolute Gasteiger partial charge is 0.319 e. The molecule has 4 aromatic carbocycles. The first-order valence-electron chi connectivity index (χ1n) is 28.5. The molecule has 6 aromatic rings. The summed E-state index contributed by atoms with van der Waals surface area (Å²) in [5.41, 5.74) is 4.70. The number of amides is 4. The quantitative estimate of drug-likeness (QED) is 0.0327. The van der Waals surface area contributed by atoms with Crippen molar-refractivity contribution in [3.05, 3.63) is 107 Å². The molecule has 19 nitrogen and oxygen atoms in total. The first-order chi connectivity index (χ1) is 40.3. The fraction of sp³-hybridized carbons (Fsp3) is 0.468. The Hall–Kier alpha value is -6.85. The van der Waals surface area contributed by atoms with Gasteiger partial charge in [0.1, 0.15) is 41.9 Å². The Bertz CT molecular complexity index is 3260. The third-order valence-electron chi connectivity index (χ3n) is 14.9. The lowest BCUT2D eigenvalue weighted by Crippen LogP contribution is -2.58. The topological polar surface area (TPSA) is 210 Å². The zero-order valence-corrected chi connectivity index (χ0v) is 50.5. The lowest BCUT2D eigenvalue weighted by molar-refractivity contribution is -0.144. The van der Waals surface area contributed by atoms with Gasteiger partial charge in [-0.05, 0) is 97.8 Å². The molecule has 4 heterocycles. The molecule has 0 bridgehead atoms. The van der Waals surface area contributed by atoms with Gasteiger partial charge < -0.3 is 59.0 Å². The second-order valence-corrected chi connectivity index (χ2v) is 23.5. The second-order valence-electron chi connectivity index (χ2n) is 22.3. The summed E-state index contributed by atoms with van der Waals surface area (Å²) >= 11 is 8.50. The molecule has 2 saturated heterocycles. The van der Waals surface area contributed by atoms with Crippen LogP contribution in [0.4, 0.5) is 10.2 Å². The number of nitrogens with one attached hydrogen (secondary N) is 2. The molecule has 0 saturated carbocycles. The van der Waals surface area contributed by atoms with E-state index in [-0.39, 0.29) is 71.4 Å². The maximum Gasteiger partial charge on any atom is 0.319 e. The highest BCUT2D eigenvalue weighted by Gasteiger charge is 2.42. The van der Waals surface area contributed by atoms with Crippen LogP contribution in [0.15, 0.2) is 84.9 Å². The van der Waals surface area contributed by atoms with Crippen LogP contribution < -0.4 is 20.3 Å². The molecule has 4 amide bonds. The number of phenolic OH excluding ortho intramolecular Hbond substituents is 1. The predicted molar refractivity (Wildman–Crippen MR) is 324 cm³/mol. The van der Waals surface area contributed by atoms with Gasteiger partial charge in [0.25, 0.3) is 0 Å². The molecular formula is C62H77ClFN9O10S. The van der Waals surface area contributed by atoms with Gasteiger partial charge in [0.05, 0.1) is 73.4 Å². The largest absolute Gasteiger partial charge is 0.508 e. The van der Waals surface area contributed by atoms with Crippen molar-refractivity contribution >= 4 is 74.1 Å². The molecular weight excluding hydrogens is 1120 g/mol. The number of hydrogen-bond acceptors (Lipinski definition) is 16. The first-order valence-corrected chi connectivity index (χ1v) is 29.7. The van der Waals surface area contributed by atoms with E-state index in [9.17, 15) is 24.3 Å². The SMILES string of the molecule is C=CC(=O)N1CCN(c2nc(O[C@H](C)CN(C)CCOCCOCCOCCOCC(=O)N[C@H](C(=O)N3CCC[C@H]3C(=O)N[C@@H](C)c3ccc(-c4scnc4C)cc3)C(C)(C)C)nc3c(F)c(-c4cc(O)cc5ccccc45)c(Cl)cc23)CC1. The maximum atomic E-state index is 17.1. The summed E-state index contributed by atoms with van der Waals surface area (Å²) in [6.07, 6.45) is 2.08. The van der Waals surface area contributed by atoms with Crippen molar-refractivity contribution in [2.75, 3.05) is 111 Å². The number of thiazole rings is 1. The zero-order chi connectivity index (χ0) is 60.1. The molecule has 84 heavy (non-hydrogen) atoms. The first kappa shape index (κ1) is 63.2. The molecule has 0 aliphatic carbocycles. The Morgan fingerprint density at radius 1 is 0.893 bits per heavy atom. The van der Waals surface area contributed by atoms with Gasteiger partial charge in [-0.3, -0.25) is 19.2 Å². The summed E-state index contributed by atoms with van der Waals surface area (Å²) in [5, 5.41) is 18.6. The van der Waals surface area contributed by atoms with Crippen LogP contribution in [-0.4, -0.2) is 182 Å². The van der Waals surface area contributed by atoms with Crippen molar-refractivity contribution in [2.45, 2.75) is 78.6 Å². The molecule has 3 N–H and O–H groups in total. The lowest BCUT2D eigenvalue weighted by Gasteiger charge is -2.35. The number of carbonyl (C=O) groups is 4. The Labute approximate surface area is 499 Å². The average Bonchev–Trinajstić information content (AvgIpc) is 1.92. The molecule has 22 heteroatoms. The Balaban J connectivity index is 0.721. The van der Waals surface area contributed by atoms with E-state index in [4.69, 9.17) is 40.3 Å². The highest BCUT2D eigenvalue weighted by atomic mass is 35.5. The third kappa shape index (κ3) is 16.1. The number of piperazine rings is 1. The van der Waals surface area contributed by atoms with Crippen LogP contribution in [0.25, 0.3) is 43.2 Å². The number of fused-ring (bicyclic) bond motifs is 2. The van der Waals surface area contributed by atoms with Crippen molar-refractivity contribution in [3.63, 3.8) is 0 Å². The normalized spacial score (nSPS) is 15.8. The number of likely N-dealkylation sites (tertiary alicyclic amines) is 1. The molecule has 8 rings (SSSR count). The Morgan fingerprint density at radius 2 is 1.57 bits per heavy atom. The number of benzene rings is 4. The molecule has 2 fully saturated rings. The second kappa shape index (κ2) is 29.3. The van der Waals surface area contributed by atoms with Gasteiger partial charge in [0, 0.05) is 56.8 Å². The zero-order valence-electron chi connectivity index (χ0n) is 49.0. The van der Waals surface area contributed by atoms with Crippen LogP contribution in [0.5, 0.6) is 11.8 Å². The van der Waals surface area contributed by atoms with E-state index in [1.165, 1.54) is 12.1 Å². The summed E-state index contributed by atoms with van der Waals surface area (Å²) in [4.78, 5) is 75.4. The van der Waals surface area contributed by atoms with Crippen LogP contribution in [0.1, 0.15) is 64.8 Å². The third-order valence-corrected chi connectivity index (χ3v) is 16.2. The van der Waals surface area contributed by atoms with Gasteiger partial charge in [0.15, 0.2) is 5.82 Å². The standard InChI is InChI=1S/C62H77ClFN9O10S/c1-9-52(76)71-21-23-72(24-22-71)58-48-35-49(63)53(47-34-45(74)33-44-13-10-11-14-46(44)47)54(64)55(48)68-61(69-58)83-39(2)36-70(8)25-26-79-27-28-80-29-30-81-31-32-82-37-51(75)67-57(62(5,6)7)60(78)73-20-12-15-50(73)59(77)66-40(3)42-16-18-43(19-17-42)56-41(4)65-38-84-56/h9-11,13-14,16-19,33-35,38-40,50,57,74H,1,12,15,20-32,36-37H2,2-8H3,(H,66,77)(H,67,75)/t39-,40+,50+,57-/m1/s1.